The Morgan fingerprint density at radius 2 is 1.52 bits per heavy atom. The van der Waals surface area contributed by atoms with Gasteiger partial charge in [0, 0.05) is 18.2 Å². The van der Waals surface area contributed by atoms with Crippen molar-refractivity contribution in [1.82, 2.24) is 0 Å². The number of halogens is 3. The number of rotatable bonds is 3. The Hall–Kier alpha value is -2.83. The van der Waals surface area contributed by atoms with Gasteiger partial charge in [-0.25, -0.2) is 5.32 Å². The summed E-state index contributed by atoms with van der Waals surface area (Å²) in [6, 6.07) is 11.2. The Kier molecular flexibility index (Phi) is 5.46. The van der Waals surface area contributed by atoms with Crippen LogP contribution in [0.15, 0.2) is 48.5 Å². The SMILES string of the molecule is CC(Nc1ccc(NC(=O)c2cccc(C(F)(F)F)c2)cc1)=[N+](C)C. The summed E-state index contributed by atoms with van der Waals surface area (Å²) in [6.07, 6.45) is -4.48. The van der Waals surface area contributed by atoms with Gasteiger partial charge in [0.15, 0.2) is 0 Å². The normalized spacial score (nSPS) is 11.0. The first-order valence-electron chi connectivity index (χ1n) is 7.53. The maximum Gasteiger partial charge on any atom is 0.416 e. The fraction of sp³-hybridized carbons (Fsp3) is 0.222. The molecule has 0 aliphatic rings. The van der Waals surface area contributed by atoms with Gasteiger partial charge in [-0.05, 0) is 42.5 Å². The fourth-order valence-electron chi connectivity index (χ4n) is 2.00. The fourth-order valence-corrected chi connectivity index (χ4v) is 2.00. The molecule has 0 radical (unpaired) electrons. The van der Waals surface area contributed by atoms with Gasteiger partial charge in [0.1, 0.15) is 5.69 Å². The van der Waals surface area contributed by atoms with Crippen LogP contribution in [0.25, 0.3) is 0 Å². The van der Waals surface area contributed by atoms with E-state index in [4.69, 9.17) is 0 Å². The zero-order chi connectivity index (χ0) is 18.6. The average molecular weight is 350 g/mol. The summed E-state index contributed by atoms with van der Waals surface area (Å²) in [6.45, 7) is 1.92. The lowest BCUT2D eigenvalue weighted by molar-refractivity contribution is -0.464. The van der Waals surface area contributed by atoms with E-state index in [1.165, 1.54) is 12.1 Å². The maximum absolute atomic E-state index is 12.7. The minimum atomic E-state index is -4.48. The molecule has 0 aromatic heterocycles. The zero-order valence-corrected chi connectivity index (χ0v) is 14.1. The van der Waals surface area contributed by atoms with Gasteiger partial charge in [-0.2, -0.15) is 13.2 Å². The third kappa shape index (κ3) is 5.07. The lowest BCUT2D eigenvalue weighted by atomic mass is 10.1. The molecule has 2 aromatic rings. The molecule has 25 heavy (non-hydrogen) atoms. The van der Waals surface area contributed by atoms with Crippen molar-refractivity contribution in [3.63, 3.8) is 0 Å². The Bertz CT molecular complexity index is 792. The summed E-state index contributed by atoms with van der Waals surface area (Å²) < 4.78 is 40.1. The molecule has 0 unspecified atom stereocenters. The highest BCUT2D eigenvalue weighted by molar-refractivity contribution is 6.04. The molecule has 0 saturated heterocycles. The maximum atomic E-state index is 12.7. The number of nitrogens with zero attached hydrogens (tertiary/aromatic N) is 1. The molecule has 4 nitrogen and oxygen atoms in total. The summed E-state index contributed by atoms with van der Waals surface area (Å²) >= 11 is 0. The van der Waals surface area contributed by atoms with Crippen LogP contribution in [0.1, 0.15) is 22.8 Å². The molecule has 2 rings (SSSR count). The predicted molar refractivity (Wildman–Crippen MR) is 92.3 cm³/mol. The van der Waals surface area contributed by atoms with Crippen molar-refractivity contribution in [2.75, 3.05) is 24.7 Å². The van der Waals surface area contributed by atoms with Crippen molar-refractivity contribution >= 4 is 23.1 Å². The van der Waals surface area contributed by atoms with Gasteiger partial charge in [-0.15, -0.1) is 0 Å². The number of amidine groups is 1. The second kappa shape index (κ2) is 7.38. The van der Waals surface area contributed by atoms with Crippen LogP contribution in [0.5, 0.6) is 0 Å². The highest BCUT2D eigenvalue weighted by Crippen LogP contribution is 2.29. The second-order valence-electron chi connectivity index (χ2n) is 5.71. The highest BCUT2D eigenvalue weighted by Gasteiger charge is 2.30. The van der Waals surface area contributed by atoms with Crippen LogP contribution in [-0.2, 0) is 6.18 Å². The quantitative estimate of drug-likeness (QED) is 0.498. The summed E-state index contributed by atoms with van der Waals surface area (Å²) in [5.41, 5.74) is 0.432. The molecule has 132 valence electrons. The molecule has 7 heteroatoms. The van der Waals surface area contributed by atoms with E-state index < -0.39 is 17.6 Å². The molecule has 2 aromatic carbocycles. The van der Waals surface area contributed by atoms with Gasteiger partial charge in [0.25, 0.3) is 5.91 Å². The van der Waals surface area contributed by atoms with Crippen molar-refractivity contribution in [3.05, 3.63) is 59.7 Å². The highest BCUT2D eigenvalue weighted by atomic mass is 19.4. The molecule has 0 aliphatic heterocycles. The van der Waals surface area contributed by atoms with E-state index in [1.807, 2.05) is 25.6 Å². The Morgan fingerprint density at radius 3 is 2.04 bits per heavy atom. The van der Waals surface area contributed by atoms with E-state index in [9.17, 15) is 18.0 Å². The standard InChI is InChI=1S/C18H18F3N3O/c1-12(24(2)3)22-15-7-9-16(10-8-15)23-17(25)13-5-4-6-14(11-13)18(19,20)21/h4-11H,1-3H3,(H,23,25)/p+1. The van der Waals surface area contributed by atoms with Gasteiger partial charge in [-0.3, -0.25) is 9.37 Å². The number of carbonyl (C=O) groups excluding carboxylic acids is 1. The van der Waals surface area contributed by atoms with Crippen LogP contribution in [0, 0.1) is 0 Å². The lowest BCUT2D eigenvalue weighted by Crippen LogP contribution is -2.18. The third-order valence-electron chi connectivity index (χ3n) is 3.59. The Labute approximate surface area is 144 Å². The number of alkyl halides is 3. The molecule has 1 amide bonds. The number of amides is 1. The monoisotopic (exact) mass is 350 g/mol. The van der Waals surface area contributed by atoms with Crippen molar-refractivity contribution < 1.29 is 22.5 Å². The van der Waals surface area contributed by atoms with Gasteiger partial charge < -0.3 is 5.32 Å². The Morgan fingerprint density at radius 1 is 0.960 bits per heavy atom. The number of hydrogen-bond donors (Lipinski definition) is 2. The first-order chi connectivity index (χ1) is 11.7. The number of nitrogens with one attached hydrogen (secondary N) is 2. The van der Waals surface area contributed by atoms with Crippen LogP contribution in [0.3, 0.4) is 0 Å². The number of benzene rings is 2. The molecular weight excluding hydrogens is 331 g/mol. The van der Waals surface area contributed by atoms with Crippen molar-refractivity contribution in [2.24, 2.45) is 0 Å². The molecule has 0 fully saturated rings. The zero-order valence-electron chi connectivity index (χ0n) is 14.1. The van der Waals surface area contributed by atoms with E-state index in [-0.39, 0.29) is 5.56 Å². The van der Waals surface area contributed by atoms with Crippen LogP contribution < -0.4 is 10.6 Å². The van der Waals surface area contributed by atoms with E-state index in [1.54, 1.807) is 24.3 Å². The molecule has 0 bridgehead atoms. The van der Waals surface area contributed by atoms with Gasteiger partial charge in [-0.1, -0.05) is 6.07 Å². The van der Waals surface area contributed by atoms with Crippen molar-refractivity contribution in [1.29, 1.82) is 0 Å². The van der Waals surface area contributed by atoms with Crippen molar-refractivity contribution in [2.45, 2.75) is 13.1 Å². The molecule has 0 saturated carbocycles. The first kappa shape index (κ1) is 18.5. The second-order valence-corrected chi connectivity index (χ2v) is 5.71. The molecule has 0 atom stereocenters. The smallest absolute Gasteiger partial charge is 0.322 e. The van der Waals surface area contributed by atoms with Crippen LogP contribution >= 0.6 is 0 Å². The van der Waals surface area contributed by atoms with Crippen LogP contribution in [0.4, 0.5) is 24.5 Å². The first-order valence-corrected chi connectivity index (χ1v) is 7.53. The predicted octanol–water partition coefficient (Wildman–Crippen LogP) is 4.06. The van der Waals surface area contributed by atoms with Crippen LogP contribution in [0.2, 0.25) is 0 Å². The summed E-state index contributed by atoms with van der Waals surface area (Å²) in [7, 11) is 3.82. The largest absolute Gasteiger partial charge is 0.416 e. The topological polar surface area (TPSA) is 44.1 Å². The number of carbonyl (C=O) groups is 1. The minimum absolute atomic E-state index is 0.0474. The number of hydrogen-bond acceptors (Lipinski definition) is 1. The summed E-state index contributed by atoms with van der Waals surface area (Å²) in [5, 5.41) is 5.77. The van der Waals surface area contributed by atoms with E-state index in [2.05, 4.69) is 10.6 Å². The molecule has 2 N–H and O–H groups in total. The van der Waals surface area contributed by atoms with E-state index in [0.717, 1.165) is 23.7 Å². The number of anilines is 2. The molecule has 0 spiro atoms. The Balaban J connectivity index is 2.10. The summed E-state index contributed by atoms with van der Waals surface area (Å²) in [5.74, 6) is 0.351. The molecular formula is C18H19F3N3O+. The molecule has 0 aliphatic carbocycles. The van der Waals surface area contributed by atoms with Crippen molar-refractivity contribution in [3.8, 4) is 0 Å². The van der Waals surface area contributed by atoms with Crippen LogP contribution in [-0.4, -0.2) is 30.4 Å². The lowest BCUT2D eigenvalue weighted by Gasteiger charge is -2.09. The average Bonchev–Trinajstić information content (AvgIpc) is 2.55. The van der Waals surface area contributed by atoms with E-state index in [0.29, 0.717) is 5.69 Å². The van der Waals surface area contributed by atoms with Gasteiger partial charge in [0.05, 0.1) is 19.7 Å². The summed E-state index contributed by atoms with van der Waals surface area (Å²) in [4.78, 5) is 12.1. The minimum Gasteiger partial charge on any atom is -0.322 e. The van der Waals surface area contributed by atoms with Gasteiger partial charge in [0.2, 0.25) is 5.84 Å². The third-order valence-corrected chi connectivity index (χ3v) is 3.59. The van der Waals surface area contributed by atoms with E-state index >= 15 is 0 Å². The molecule has 0 heterocycles. The van der Waals surface area contributed by atoms with Gasteiger partial charge >= 0.3 is 6.18 Å².